The van der Waals surface area contributed by atoms with Crippen molar-refractivity contribution >= 4 is 11.7 Å². The first kappa shape index (κ1) is 19.2. The van der Waals surface area contributed by atoms with Crippen LogP contribution in [0.4, 0.5) is 5.82 Å². The number of piperidine rings is 1. The van der Waals surface area contributed by atoms with Gasteiger partial charge in [0.1, 0.15) is 17.3 Å². The molecule has 0 radical (unpaired) electrons. The molecule has 3 aromatic heterocycles. The summed E-state index contributed by atoms with van der Waals surface area (Å²) in [6.45, 7) is 4.12. The van der Waals surface area contributed by atoms with Gasteiger partial charge in [-0.15, -0.1) is 0 Å². The monoisotopic (exact) mass is 393 g/mol. The fourth-order valence-corrected chi connectivity index (χ4v) is 3.83. The zero-order valence-corrected chi connectivity index (χ0v) is 16.8. The molecule has 1 saturated heterocycles. The normalized spacial score (nSPS) is 16.7. The Kier molecular flexibility index (Phi) is 5.93. The second-order valence-electron chi connectivity index (χ2n) is 7.50. The first-order chi connectivity index (χ1) is 14.2. The van der Waals surface area contributed by atoms with Gasteiger partial charge in [0.05, 0.1) is 12.1 Å². The van der Waals surface area contributed by atoms with Crippen LogP contribution in [0.15, 0.2) is 53.3 Å². The molecule has 1 unspecified atom stereocenters. The van der Waals surface area contributed by atoms with E-state index in [2.05, 4.69) is 15.4 Å². The molecule has 4 heterocycles. The lowest BCUT2D eigenvalue weighted by Crippen LogP contribution is -2.44. The van der Waals surface area contributed by atoms with Crippen molar-refractivity contribution in [3.63, 3.8) is 0 Å². The minimum absolute atomic E-state index is 0.0656. The molecule has 0 aliphatic carbocycles. The van der Waals surface area contributed by atoms with Gasteiger partial charge in [-0.2, -0.15) is 5.10 Å². The number of carbonyl (C=O) groups is 1. The Hall–Kier alpha value is -3.09. The maximum absolute atomic E-state index is 13.1. The van der Waals surface area contributed by atoms with Crippen molar-refractivity contribution < 1.29 is 9.21 Å². The first-order valence-electron chi connectivity index (χ1n) is 10.2. The molecule has 7 heteroatoms. The van der Waals surface area contributed by atoms with Gasteiger partial charge in [0.15, 0.2) is 0 Å². The molecule has 152 valence electrons. The summed E-state index contributed by atoms with van der Waals surface area (Å²) >= 11 is 0. The van der Waals surface area contributed by atoms with E-state index in [1.165, 1.54) is 6.42 Å². The quantitative estimate of drug-likeness (QED) is 0.659. The molecule has 1 amide bonds. The average molecular weight is 393 g/mol. The third-order valence-corrected chi connectivity index (χ3v) is 5.39. The van der Waals surface area contributed by atoms with Crippen molar-refractivity contribution in [2.24, 2.45) is 0 Å². The minimum atomic E-state index is 0.0656. The van der Waals surface area contributed by atoms with Crippen LogP contribution in [0.1, 0.15) is 47.6 Å². The van der Waals surface area contributed by atoms with Crippen LogP contribution < -0.4 is 5.32 Å². The second-order valence-corrected chi connectivity index (χ2v) is 7.50. The predicted molar refractivity (Wildman–Crippen MR) is 111 cm³/mol. The molecule has 29 heavy (non-hydrogen) atoms. The van der Waals surface area contributed by atoms with Gasteiger partial charge in [0, 0.05) is 37.7 Å². The number of pyridine rings is 1. The van der Waals surface area contributed by atoms with Crippen molar-refractivity contribution in [3.8, 4) is 0 Å². The summed E-state index contributed by atoms with van der Waals surface area (Å²) in [5.41, 5.74) is 0.635. The Morgan fingerprint density at radius 2 is 2.21 bits per heavy atom. The fraction of sp³-hybridized carbons (Fsp3) is 0.409. The van der Waals surface area contributed by atoms with Gasteiger partial charge in [-0.3, -0.25) is 9.48 Å². The van der Waals surface area contributed by atoms with E-state index < -0.39 is 0 Å². The van der Waals surface area contributed by atoms with E-state index in [1.54, 1.807) is 12.4 Å². The van der Waals surface area contributed by atoms with E-state index in [9.17, 15) is 4.79 Å². The van der Waals surface area contributed by atoms with Gasteiger partial charge < -0.3 is 14.6 Å². The molecule has 1 aliphatic heterocycles. The number of nitrogens with one attached hydrogen (secondary N) is 1. The number of carbonyl (C=O) groups excluding carboxylic acids is 1. The van der Waals surface area contributed by atoms with E-state index in [0.29, 0.717) is 12.1 Å². The lowest BCUT2D eigenvalue weighted by atomic mass is 9.98. The molecule has 4 rings (SSSR count). The van der Waals surface area contributed by atoms with Crippen LogP contribution >= 0.6 is 0 Å². The third kappa shape index (κ3) is 4.85. The number of furan rings is 1. The van der Waals surface area contributed by atoms with E-state index >= 15 is 0 Å². The van der Waals surface area contributed by atoms with Crippen LogP contribution in [-0.4, -0.2) is 38.2 Å². The lowest BCUT2D eigenvalue weighted by Gasteiger charge is -2.36. The number of aromatic nitrogens is 3. The lowest BCUT2D eigenvalue weighted by molar-refractivity contribution is 0.0593. The smallest absolute Gasteiger partial charge is 0.255 e. The van der Waals surface area contributed by atoms with Crippen molar-refractivity contribution in [2.75, 3.05) is 11.9 Å². The maximum Gasteiger partial charge on any atom is 0.255 e. The van der Waals surface area contributed by atoms with Crippen molar-refractivity contribution in [2.45, 2.75) is 51.7 Å². The largest absolute Gasteiger partial charge is 0.465 e. The Labute approximate surface area is 170 Å². The number of rotatable bonds is 7. The van der Waals surface area contributed by atoms with Crippen LogP contribution in [0.2, 0.25) is 0 Å². The van der Waals surface area contributed by atoms with Gasteiger partial charge in [0.25, 0.3) is 5.91 Å². The van der Waals surface area contributed by atoms with E-state index in [1.807, 2.05) is 53.0 Å². The molecule has 3 aromatic rings. The Balaban J connectivity index is 1.36. The summed E-state index contributed by atoms with van der Waals surface area (Å²) in [4.78, 5) is 19.5. The predicted octanol–water partition coefficient (Wildman–Crippen LogP) is 3.88. The highest BCUT2D eigenvalue weighted by Gasteiger charge is 2.27. The first-order valence-corrected chi connectivity index (χ1v) is 10.2. The summed E-state index contributed by atoms with van der Waals surface area (Å²) < 4.78 is 7.48. The maximum atomic E-state index is 13.1. The molecule has 7 nitrogen and oxygen atoms in total. The number of hydrogen-bond acceptors (Lipinski definition) is 5. The summed E-state index contributed by atoms with van der Waals surface area (Å²) in [5.74, 6) is 2.54. The minimum Gasteiger partial charge on any atom is -0.465 e. The van der Waals surface area contributed by atoms with Crippen LogP contribution in [0, 0.1) is 6.92 Å². The molecule has 0 spiro atoms. The second kappa shape index (κ2) is 8.94. The van der Waals surface area contributed by atoms with Crippen LogP contribution in [-0.2, 0) is 13.1 Å². The molecule has 1 atom stereocenters. The number of aryl methyl sites for hydroxylation is 2. The molecule has 1 aliphatic rings. The van der Waals surface area contributed by atoms with Gasteiger partial charge >= 0.3 is 0 Å². The number of amides is 1. The van der Waals surface area contributed by atoms with Crippen LogP contribution in [0.5, 0.6) is 0 Å². The highest BCUT2D eigenvalue weighted by Crippen LogP contribution is 2.23. The highest BCUT2D eigenvalue weighted by atomic mass is 16.3. The van der Waals surface area contributed by atoms with Gasteiger partial charge in [0.2, 0.25) is 0 Å². The molecule has 0 saturated carbocycles. The third-order valence-electron chi connectivity index (χ3n) is 5.39. The topological polar surface area (TPSA) is 76.2 Å². The SMILES string of the molecule is Cc1ccc(CNc2ccc(C(=O)N3CCCCC3CCn3cccn3)cn2)o1. The Bertz CT molecular complexity index is 917. The number of hydrogen-bond donors (Lipinski definition) is 1. The zero-order chi connectivity index (χ0) is 20.1. The Morgan fingerprint density at radius 3 is 2.93 bits per heavy atom. The van der Waals surface area contributed by atoms with E-state index in [4.69, 9.17) is 4.42 Å². The summed E-state index contributed by atoms with van der Waals surface area (Å²) in [7, 11) is 0. The number of anilines is 1. The number of nitrogens with zero attached hydrogens (tertiary/aromatic N) is 4. The zero-order valence-electron chi connectivity index (χ0n) is 16.8. The van der Waals surface area contributed by atoms with Crippen LogP contribution in [0.3, 0.4) is 0 Å². The number of likely N-dealkylation sites (tertiary alicyclic amines) is 1. The molecule has 0 bridgehead atoms. The average Bonchev–Trinajstić information content (AvgIpc) is 3.42. The van der Waals surface area contributed by atoms with Gasteiger partial charge in [-0.05, 0) is 62.9 Å². The van der Waals surface area contributed by atoms with E-state index in [0.717, 1.165) is 49.7 Å². The molecule has 1 N–H and O–H groups in total. The van der Waals surface area contributed by atoms with E-state index in [-0.39, 0.29) is 11.9 Å². The van der Waals surface area contributed by atoms with Crippen molar-refractivity contribution in [1.82, 2.24) is 19.7 Å². The van der Waals surface area contributed by atoms with Crippen molar-refractivity contribution in [3.05, 3.63) is 66.0 Å². The summed E-state index contributed by atoms with van der Waals surface area (Å²) in [6.07, 6.45) is 9.61. The summed E-state index contributed by atoms with van der Waals surface area (Å²) in [6, 6.07) is 9.77. The van der Waals surface area contributed by atoms with Crippen LogP contribution in [0.25, 0.3) is 0 Å². The van der Waals surface area contributed by atoms with Crippen molar-refractivity contribution in [1.29, 1.82) is 0 Å². The highest BCUT2D eigenvalue weighted by molar-refractivity contribution is 5.94. The molecule has 1 fully saturated rings. The Morgan fingerprint density at radius 1 is 1.28 bits per heavy atom. The molecular formula is C22H27N5O2. The molecule has 0 aromatic carbocycles. The van der Waals surface area contributed by atoms with Gasteiger partial charge in [-0.1, -0.05) is 0 Å². The summed E-state index contributed by atoms with van der Waals surface area (Å²) in [5, 5.41) is 7.49. The van der Waals surface area contributed by atoms with Gasteiger partial charge in [-0.25, -0.2) is 4.98 Å². The fourth-order valence-electron chi connectivity index (χ4n) is 3.83. The standard InChI is InChI=1S/C22H27N5O2/c1-17-6-8-20(29-17)16-24-21-9-7-18(15-23-21)22(28)27-13-3-2-5-19(27)10-14-26-12-4-11-25-26/h4,6-9,11-12,15,19H,2-3,5,10,13-14,16H2,1H3,(H,23,24). The molecular weight excluding hydrogens is 366 g/mol.